The molecule has 3 rings (SSSR count). The zero-order valence-electron chi connectivity index (χ0n) is 12.5. The predicted octanol–water partition coefficient (Wildman–Crippen LogP) is 2.48. The quantitative estimate of drug-likeness (QED) is 0.775. The van der Waals surface area contributed by atoms with Gasteiger partial charge in [-0.25, -0.2) is 8.42 Å². The second-order valence-electron chi connectivity index (χ2n) is 6.36. The van der Waals surface area contributed by atoms with E-state index in [-0.39, 0.29) is 28.7 Å². The van der Waals surface area contributed by atoms with Gasteiger partial charge < -0.3 is 4.90 Å². The summed E-state index contributed by atoms with van der Waals surface area (Å²) in [6.45, 7) is 4.91. The summed E-state index contributed by atoms with van der Waals surface area (Å²) >= 11 is 1.65. The van der Waals surface area contributed by atoms with Crippen LogP contribution in [-0.4, -0.2) is 37.3 Å². The zero-order valence-corrected chi connectivity index (χ0v) is 14.2. The number of rotatable bonds is 5. The molecular weight excluding hydrogens is 318 g/mol. The topological polar surface area (TPSA) is 54.5 Å². The molecule has 2 aliphatic rings. The molecule has 1 spiro atoms. The average Bonchev–Trinajstić information content (AvgIpc) is 2.94. The van der Waals surface area contributed by atoms with Crippen LogP contribution in [-0.2, 0) is 21.2 Å². The Morgan fingerprint density at radius 2 is 2.18 bits per heavy atom. The fourth-order valence-corrected chi connectivity index (χ4v) is 5.75. The Bertz CT molecular complexity index is 650. The standard InChI is InChI=1S/C16H21NO3S2/c1-2-7-17(12-13-4-3-8-21-13)15(18)14-11-16(14)5-9-22(19,20)10-6-16/h2-4,8,14H,1,5-7,9-12H2/t14-/m1/s1. The number of hydrogen-bond donors (Lipinski definition) is 0. The van der Waals surface area contributed by atoms with Crippen LogP contribution in [0, 0.1) is 11.3 Å². The van der Waals surface area contributed by atoms with Crippen molar-refractivity contribution in [2.45, 2.75) is 25.8 Å². The van der Waals surface area contributed by atoms with Gasteiger partial charge >= 0.3 is 0 Å². The molecule has 1 aromatic rings. The monoisotopic (exact) mass is 339 g/mol. The van der Waals surface area contributed by atoms with Crippen molar-refractivity contribution in [1.82, 2.24) is 4.90 Å². The lowest BCUT2D eigenvalue weighted by molar-refractivity contribution is -0.133. The van der Waals surface area contributed by atoms with Gasteiger partial charge in [-0.1, -0.05) is 12.1 Å². The van der Waals surface area contributed by atoms with E-state index in [0.717, 1.165) is 11.3 Å². The Morgan fingerprint density at radius 3 is 2.77 bits per heavy atom. The van der Waals surface area contributed by atoms with Crippen LogP contribution in [0.15, 0.2) is 30.2 Å². The van der Waals surface area contributed by atoms with E-state index in [1.807, 2.05) is 22.4 Å². The van der Waals surface area contributed by atoms with E-state index in [9.17, 15) is 13.2 Å². The van der Waals surface area contributed by atoms with E-state index < -0.39 is 9.84 Å². The number of hydrogen-bond acceptors (Lipinski definition) is 4. The SMILES string of the molecule is C=CCN(Cc1cccs1)C(=O)[C@H]1CC12CCS(=O)(=O)CC2. The summed E-state index contributed by atoms with van der Waals surface area (Å²) in [6, 6.07) is 4.02. The van der Waals surface area contributed by atoms with Crippen molar-refractivity contribution >= 4 is 27.1 Å². The lowest BCUT2D eigenvalue weighted by atomic mass is 9.96. The first kappa shape index (κ1) is 15.7. The second-order valence-corrected chi connectivity index (χ2v) is 9.69. The van der Waals surface area contributed by atoms with E-state index in [2.05, 4.69) is 6.58 Å². The lowest BCUT2D eigenvalue weighted by Gasteiger charge is -2.25. The van der Waals surface area contributed by atoms with Crippen LogP contribution < -0.4 is 0 Å². The zero-order chi connectivity index (χ0) is 15.8. The molecule has 1 atom stereocenters. The Kier molecular flexibility index (Phi) is 4.16. The minimum absolute atomic E-state index is 0.00270. The lowest BCUT2D eigenvalue weighted by Crippen LogP contribution is -2.35. The van der Waals surface area contributed by atoms with Crippen LogP contribution in [0.25, 0.3) is 0 Å². The van der Waals surface area contributed by atoms with Crippen LogP contribution in [0.1, 0.15) is 24.1 Å². The first-order valence-corrected chi connectivity index (χ1v) is 10.3. The molecular formula is C16H21NO3S2. The molecule has 0 aromatic carbocycles. The number of sulfone groups is 1. The third kappa shape index (κ3) is 3.13. The van der Waals surface area contributed by atoms with Gasteiger partial charge in [0.05, 0.1) is 18.1 Å². The van der Waals surface area contributed by atoms with Gasteiger partial charge in [0, 0.05) is 17.3 Å². The Balaban J connectivity index is 1.66. The van der Waals surface area contributed by atoms with Crippen molar-refractivity contribution in [2.75, 3.05) is 18.1 Å². The van der Waals surface area contributed by atoms with Crippen LogP contribution in [0.2, 0.25) is 0 Å². The molecule has 1 aliphatic heterocycles. The molecule has 0 bridgehead atoms. The van der Waals surface area contributed by atoms with Crippen molar-refractivity contribution in [2.24, 2.45) is 11.3 Å². The third-order valence-electron chi connectivity index (χ3n) is 4.90. The normalized spacial score (nSPS) is 24.8. The van der Waals surface area contributed by atoms with Gasteiger partial charge in [0.15, 0.2) is 0 Å². The maximum Gasteiger partial charge on any atom is 0.226 e. The molecule has 1 saturated carbocycles. The maximum absolute atomic E-state index is 12.8. The second kappa shape index (κ2) is 5.81. The summed E-state index contributed by atoms with van der Waals surface area (Å²) in [5.41, 5.74) is -0.0444. The average molecular weight is 339 g/mol. The summed E-state index contributed by atoms with van der Waals surface area (Å²) in [6.07, 6.45) is 3.89. The van der Waals surface area contributed by atoms with E-state index in [1.165, 1.54) is 0 Å². The van der Waals surface area contributed by atoms with Crippen LogP contribution in [0.5, 0.6) is 0 Å². The highest BCUT2D eigenvalue weighted by Crippen LogP contribution is 2.60. The first-order chi connectivity index (χ1) is 10.5. The predicted molar refractivity (Wildman–Crippen MR) is 88.4 cm³/mol. The Morgan fingerprint density at radius 1 is 1.45 bits per heavy atom. The molecule has 1 amide bonds. The molecule has 1 aliphatic carbocycles. The fourth-order valence-electron chi connectivity index (χ4n) is 3.39. The van der Waals surface area contributed by atoms with Crippen molar-refractivity contribution < 1.29 is 13.2 Å². The van der Waals surface area contributed by atoms with Crippen molar-refractivity contribution in [3.8, 4) is 0 Å². The summed E-state index contributed by atoms with van der Waals surface area (Å²) in [5.74, 6) is 0.641. The third-order valence-corrected chi connectivity index (χ3v) is 7.41. The highest BCUT2D eigenvalue weighted by Gasteiger charge is 2.60. The summed E-state index contributed by atoms with van der Waals surface area (Å²) in [5, 5.41) is 2.01. The minimum atomic E-state index is -2.87. The number of carbonyl (C=O) groups is 1. The molecule has 1 saturated heterocycles. The number of amides is 1. The molecule has 0 unspecified atom stereocenters. The summed E-state index contributed by atoms with van der Waals surface area (Å²) in [7, 11) is -2.87. The van der Waals surface area contributed by atoms with E-state index in [0.29, 0.717) is 25.9 Å². The molecule has 6 heteroatoms. The van der Waals surface area contributed by atoms with E-state index >= 15 is 0 Å². The van der Waals surface area contributed by atoms with Crippen molar-refractivity contribution in [1.29, 1.82) is 0 Å². The van der Waals surface area contributed by atoms with Gasteiger partial charge in [-0.3, -0.25) is 4.79 Å². The van der Waals surface area contributed by atoms with Gasteiger partial charge in [0.2, 0.25) is 5.91 Å². The maximum atomic E-state index is 12.8. The molecule has 1 aromatic heterocycles. The molecule has 120 valence electrons. The first-order valence-electron chi connectivity index (χ1n) is 7.58. The van der Waals surface area contributed by atoms with Gasteiger partial charge in [0.25, 0.3) is 0 Å². The summed E-state index contributed by atoms with van der Waals surface area (Å²) < 4.78 is 23.2. The molecule has 0 N–H and O–H groups in total. The van der Waals surface area contributed by atoms with Crippen molar-refractivity contribution in [3.05, 3.63) is 35.0 Å². The highest BCUT2D eigenvalue weighted by atomic mass is 32.2. The van der Waals surface area contributed by atoms with Gasteiger partial charge in [-0.05, 0) is 36.1 Å². The van der Waals surface area contributed by atoms with Crippen LogP contribution >= 0.6 is 11.3 Å². The highest BCUT2D eigenvalue weighted by molar-refractivity contribution is 7.91. The minimum Gasteiger partial charge on any atom is -0.334 e. The van der Waals surface area contributed by atoms with Gasteiger partial charge in [-0.2, -0.15) is 0 Å². The molecule has 2 heterocycles. The fraction of sp³-hybridized carbons (Fsp3) is 0.562. The molecule has 0 radical (unpaired) electrons. The number of nitrogens with zero attached hydrogens (tertiary/aromatic N) is 1. The van der Waals surface area contributed by atoms with E-state index in [4.69, 9.17) is 0 Å². The molecule has 4 nitrogen and oxygen atoms in total. The van der Waals surface area contributed by atoms with Crippen molar-refractivity contribution in [3.63, 3.8) is 0 Å². The Hall–Kier alpha value is -1.14. The number of thiophene rings is 1. The van der Waals surface area contributed by atoms with Crippen LogP contribution in [0.4, 0.5) is 0 Å². The largest absolute Gasteiger partial charge is 0.334 e. The van der Waals surface area contributed by atoms with Gasteiger partial charge in [0.1, 0.15) is 9.84 Å². The molecule has 22 heavy (non-hydrogen) atoms. The number of carbonyl (C=O) groups excluding carboxylic acids is 1. The van der Waals surface area contributed by atoms with E-state index in [1.54, 1.807) is 17.4 Å². The summed E-state index contributed by atoms with van der Waals surface area (Å²) in [4.78, 5) is 15.8. The van der Waals surface area contributed by atoms with Gasteiger partial charge in [-0.15, -0.1) is 17.9 Å². The Labute approximate surface area is 135 Å². The smallest absolute Gasteiger partial charge is 0.226 e. The van der Waals surface area contributed by atoms with Crippen LogP contribution in [0.3, 0.4) is 0 Å². The molecule has 2 fully saturated rings.